The van der Waals surface area contributed by atoms with Crippen molar-refractivity contribution in [1.29, 1.82) is 0 Å². The van der Waals surface area contributed by atoms with Crippen molar-refractivity contribution in [2.75, 3.05) is 44.2 Å². The van der Waals surface area contributed by atoms with Gasteiger partial charge >= 0.3 is 6.18 Å². The molecule has 45 heavy (non-hydrogen) atoms. The van der Waals surface area contributed by atoms with Crippen LogP contribution in [0.25, 0.3) is 0 Å². The zero-order valence-electron chi connectivity index (χ0n) is 24.7. The number of nitrogens with zero attached hydrogens (tertiary/aromatic N) is 3. The lowest BCUT2D eigenvalue weighted by molar-refractivity contribution is -0.262. The lowest BCUT2D eigenvalue weighted by atomic mass is 9.82. The average Bonchev–Trinajstić information content (AvgIpc) is 3.49. The molecule has 0 aliphatic carbocycles. The van der Waals surface area contributed by atoms with Gasteiger partial charge in [-0.15, -0.1) is 0 Å². The molecule has 246 valence electrons. The van der Waals surface area contributed by atoms with E-state index in [1.807, 2.05) is 12.1 Å². The van der Waals surface area contributed by atoms with Crippen LogP contribution >= 0.6 is 34.8 Å². The van der Waals surface area contributed by atoms with E-state index in [1.165, 1.54) is 6.07 Å². The molecule has 2 aromatic carbocycles. The number of halogens is 6. The van der Waals surface area contributed by atoms with Crippen LogP contribution in [0, 0.1) is 11.8 Å². The predicted molar refractivity (Wildman–Crippen MR) is 168 cm³/mol. The Morgan fingerprint density at radius 2 is 1.44 bits per heavy atom. The molecule has 3 aliphatic heterocycles. The molecule has 0 saturated carbocycles. The summed E-state index contributed by atoms with van der Waals surface area (Å²) in [5.74, 6) is -0.874. The molecule has 1 unspecified atom stereocenters. The van der Waals surface area contributed by atoms with Crippen LogP contribution in [0.2, 0.25) is 15.1 Å². The molecular formula is C32H37Cl3F3N3O4. The molecule has 2 amide bonds. The largest absolute Gasteiger partial charge is 0.430 e. The van der Waals surface area contributed by atoms with Crippen molar-refractivity contribution in [3.8, 4) is 0 Å². The highest BCUT2D eigenvalue weighted by molar-refractivity contribution is 6.35. The zero-order chi connectivity index (χ0) is 32.5. The Morgan fingerprint density at radius 1 is 0.844 bits per heavy atom. The number of likely N-dealkylation sites (tertiary alicyclic amines) is 2. The Hall–Kier alpha value is -2.24. The number of carbonyl (C=O) groups excluding carboxylic acids is 2. The first-order valence-electron chi connectivity index (χ1n) is 15.3. The molecule has 3 aliphatic rings. The second kappa shape index (κ2) is 13.9. The fourth-order valence-corrected chi connectivity index (χ4v) is 7.77. The third-order valence-corrected chi connectivity index (χ3v) is 10.3. The van der Waals surface area contributed by atoms with Crippen molar-refractivity contribution in [2.24, 2.45) is 11.8 Å². The topological polar surface area (TPSA) is 84.3 Å². The van der Waals surface area contributed by atoms with Crippen LogP contribution in [0.1, 0.15) is 60.9 Å². The second-order valence-electron chi connectivity index (χ2n) is 12.4. The number of benzene rings is 2. The molecule has 0 radical (unpaired) electrons. The molecule has 3 saturated heterocycles. The van der Waals surface area contributed by atoms with Crippen LogP contribution in [-0.2, 0) is 10.4 Å². The molecule has 0 aromatic heterocycles. The highest BCUT2D eigenvalue weighted by Gasteiger charge is 2.62. The standard InChI is InChI=1S/C32H37Cl3F3N3O4/c33-23-15-22(16-24(34)17-23)31(45,32(36,37)38)30(44)40-12-7-21(8-13-40)14-20-5-10-39(11-6-20)25-3-4-27(28(35)18-25)29(43)41-9-1-2-26(41)19-42/h3-4,15-18,20-21,26,42,45H,1-2,5-14,19H2/t26-,31?/m0/s1. The van der Waals surface area contributed by atoms with Gasteiger partial charge in [-0.1, -0.05) is 34.8 Å². The van der Waals surface area contributed by atoms with E-state index in [4.69, 9.17) is 34.8 Å². The van der Waals surface area contributed by atoms with E-state index < -0.39 is 23.2 Å². The van der Waals surface area contributed by atoms with E-state index in [0.29, 0.717) is 35.9 Å². The first-order valence-corrected chi connectivity index (χ1v) is 16.5. The van der Waals surface area contributed by atoms with Gasteiger partial charge in [0.1, 0.15) is 0 Å². The number of hydrogen-bond acceptors (Lipinski definition) is 5. The van der Waals surface area contributed by atoms with Gasteiger partial charge in [0.15, 0.2) is 0 Å². The number of piperidine rings is 2. The SMILES string of the molecule is O=C(c1ccc(N2CCC(CC3CCN(C(=O)C(O)(c4cc(Cl)cc(Cl)c4)C(F)(F)F)CC3)CC2)cc1Cl)N1CCC[C@H]1CO. The molecule has 5 rings (SSSR count). The number of carbonyl (C=O) groups is 2. The van der Waals surface area contributed by atoms with Gasteiger partial charge in [0.05, 0.1) is 23.2 Å². The molecule has 2 N–H and O–H groups in total. The van der Waals surface area contributed by atoms with Gasteiger partial charge in [-0.25, -0.2) is 0 Å². The van der Waals surface area contributed by atoms with E-state index in [9.17, 15) is 33.0 Å². The minimum Gasteiger partial charge on any atom is -0.394 e. The van der Waals surface area contributed by atoms with Gasteiger partial charge in [0.2, 0.25) is 0 Å². The van der Waals surface area contributed by atoms with E-state index in [-0.39, 0.29) is 47.6 Å². The molecule has 2 atom stereocenters. The summed E-state index contributed by atoms with van der Waals surface area (Å²) in [5, 5.41) is 20.5. The van der Waals surface area contributed by atoms with Crippen molar-refractivity contribution in [1.82, 2.24) is 9.80 Å². The van der Waals surface area contributed by atoms with Crippen molar-refractivity contribution < 1.29 is 33.0 Å². The van der Waals surface area contributed by atoms with Crippen LogP contribution in [0.15, 0.2) is 36.4 Å². The molecule has 13 heteroatoms. The summed E-state index contributed by atoms with van der Waals surface area (Å²) in [5.41, 5.74) is -3.06. The fraction of sp³-hybridized carbons (Fsp3) is 0.562. The number of rotatable bonds is 7. The molecule has 3 heterocycles. The summed E-state index contributed by atoms with van der Waals surface area (Å²) in [6.45, 7) is 2.41. The quantitative estimate of drug-likeness (QED) is 0.345. The number of hydrogen-bond donors (Lipinski definition) is 2. The van der Waals surface area contributed by atoms with Crippen LogP contribution in [-0.4, -0.2) is 83.4 Å². The maximum atomic E-state index is 14.1. The Labute approximate surface area is 275 Å². The summed E-state index contributed by atoms with van der Waals surface area (Å²) in [6.07, 6.45) is 0.273. The van der Waals surface area contributed by atoms with Crippen LogP contribution < -0.4 is 4.90 Å². The van der Waals surface area contributed by atoms with Gasteiger partial charge in [-0.3, -0.25) is 9.59 Å². The number of alkyl halides is 3. The van der Waals surface area contributed by atoms with Crippen LogP contribution in [0.3, 0.4) is 0 Å². The molecule has 0 bridgehead atoms. The Kier molecular flexibility index (Phi) is 10.5. The number of anilines is 1. The minimum absolute atomic E-state index is 0.0608. The Bertz CT molecular complexity index is 1380. The van der Waals surface area contributed by atoms with Gasteiger partial charge < -0.3 is 24.9 Å². The third-order valence-electron chi connectivity index (χ3n) is 9.58. The van der Waals surface area contributed by atoms with Crippen molar-refractivity contribution in [3.63, 3.8) is 0 Å². The first-order chi connectivity index (χ1) is 21.3. The summed E-state index contributed by atoms with van der Waals surface area (Å²) >= 11 is 18.3. The number of amides is 2. The summed E-state index contributed by atoms with van der Waals surface area (Å²) in [6, 6.07) is 8.40. The highest BCUT2D eigenvalue weighted by Crippen LogP contribution is 2.43. The molecule has 7 nitrogen and oxygen atoms in total. The van der Waals surface area contributed by atoms with Gasteiger partial charge in [-0.2, -0.15) is 13.2 Å². The van der Waals surface area contributed by atoms with Gasteiger partial charge in [0, 0.05) is 54.0 Å². The highest BCUT2D eigenvalue weighted by atomic mass is 35.5. The van der Waals surface area contributed by atoms with Crippen LogP contribution in [0.4, 0.5) is 18.9 Å². The lowest BCUT2D eigenvalue weighted by Gasteiger charge is -2.40. The molecule has 2 aromatic rings. The molecule has 0 spiro atoms. The average molecular weight is 691 g/mol. The maximum Gasteiger partial charge on any atom is 0.430 e. The normalized spacial score (nSPS) is 21.7. The van der Waals surface area contributed by atoms with E-state index in [1.54, 1.807) is 11.0 Å². The van der Waals surface area contributed by atoms with Gasteiger partial charge in [-0.05, 0) is 93.2 Å². The maximum absolute atomic E-state index is 14.1. The van der Waals surface area contributed by atoms with Crippen molar-refractivity contribution in [2.45, 2.75) is 62.8 Å². The van der Waals surface area contributed by atoms with Crippen molar-refractivity contribution >= 4 is 52.3 Å². The number of aliphatic hydroxyl groups is 2. The zero-order valence-corrected chi connectivity index (χ0v) is 27.0. The number of aliphatic hydroxyl groups excluding tert-OH is 1. The smallest absolute Gasteiger partial charge is 0.394 e. The second-order valence-corrected chi connectivity index (χ2v) is 13.7. The molecular weight excluding hydrogens is 654 g/mol. The van der Waals surface area contributed by atoms with E-state index in [0.717, 1.165) is 67.9 Å². The third kappa shape index (κ3) is 7.20. The lowest BCUT2D eigenvalue weighted by Crippen LogP contribution is -2.57. The first kappa shape index (κ1) is 34.1. The van der Waals surface area contributed by atoms with Gasteiger partial charge in [0.25, 0.3) is 17.4 Å². The van der Waals surface area contributed by atoms with E-state index in [2.05, 4.69) is 4.90 Å². The summed E-state index contributed by atoms with van der Waals surface area (Å²) in [4.78, 5) is 31.2. The van der Waals surface area contributed by atoms with Crippen molar-refractivity contribution in [3.05, 3.63) is 62.6 Å². The van der Waals surface area contributed by atoms with Crippen LogP contribution in [0.5, 0.6) is 0 Å². The van der Waals surface area contributed by atoms with E-state index >= 15 is 0 Å². The monoisotopic (exact) mass is 689 g/mol. The summed E-state index contributed by atoms with van der Waals surface area (Å²) in [7, 11) is 0. The molecule has 3 fully saturated rings. The summed E-state index contributed by atoms with van der Waals surface area (Å²) < 4.78 is 42.4. The Balaban J connectivity index is 1.13. The minimum atomic E-state index is -5.26. The fourth-order valence-electron chi connectivity index (χ4n) is 6.99. The Morgan fingerprint density at radius 3 is 2.00 bits per heavy atom. The predicted octanol–water partition coefficient (Wildman–Crippen LogP) is 6.54.